The van der Waals surface area contributed by atoms with Crippen LogP contribution in [0.5, 0.6) is 0 Å². The Bertz CT molecular complexity index is 476. The molecule has 0 saturated heterocycles. The van der Waals surface area contributed by atoms with Crippen molar-refractivity contribution in [3.8, 4) is 0 Å². The predicted molar refractivity (Wildman–Crippen MR) is 70.1 cm³/mol. The van der Waals surface area contributed by atoms with E-state index in [9.17, 15) is 8.42 Å². The Labute approximate surface area is 108 Å². The molecule has 2 N–H and O–H groups in total. The average Bonchev–Trinajstić information content (AvgIpc) is 2.37. The lowest BCUT2D eigenvalue weighted by molar-refractivity contribution is 0.122. The predicted octanol–water partition coefficient (Wildman–Crippen LogP) is 0.827. The summed E-state index contributed by atoms with van der Waals surface area (Å²) in [4.78, 5) is 4.17. The monoisotopic (exact) mass is 273 g/mol. The van der Waals surface area contributed by atoms with E-state index in [0.29, 0.717) is 12.4 Å². The van der Waals surface area contributed by atoms with Gasteiger partial charge in [-0.3, -0.25) is 0 Å². The number of nitrogens with zero attached hydrogens (tertiary/aromatic N) is 1. The number of methoxy groups -OCH3 is 1. The van der Waals surface area contributed by atoms with Gasteiger partial charge in [-0.1, -0.05) is 0 Å². The number of sulfonamides is 1. The molecule has 1 atom stereocenters. The summed E-state index contributed by atoms with van der Waals surface area (Å²) >= 11 is 0. The molecule has 0 amide bonds. The number of hydrogen-bond acceptors (Lipinski definition) is 5. The SMILES string of the molecule is CCNc1ncccc1S(=O)(=O)NCC(C)OC. The maximum Gasteiger partial charge on any atom is 0.244 e. The minimum absolute atomic E-state index is 0.148. The minimum Gasteiger partial charge on any atom is -0.380 e. The normalized spacial score (nSPS) is 13.3. The highest BCUT2D eigenvalue weighted by Gasteiger charge is 2.19. The Hall–Kier alpha value is -1.18. The van der Waals surface area contributed by atoms with Gasteiger partial charge in [0, 0.05) is 26.4 Å². The molecule has 18 heavy (non-hydrogen) atoms. The number of anilines is 1. The van der Waals surface area contributed by atoms with Crippen molar-refractivity contribution in [2.45, 2.75) is 24.8 Å². The van der Waals surface area contributed by atoms with Crippen molar-refractivity contribution in [2.24, 2.45) is 0 Å². The molecule has 0 saturated carbocycles. The standard InChI is InChI=1S/C11H19N3O3S/c1-4-12-11-10(6-5-7-13-11)18(15,16)14-8-9(2)17-3/h5-7,9,14H,4,8H2,1-3H3,(H,12,13). The smallest absolute Gasteiger partial charge is 0.244 e. The van der Waals surface area contributed by atoms with Crippen LogP contribution in [-0.2, 0) is 14.8 Å². The number of nitrogens with one attached hydrogen (secondary N) is 2. The molecule has 0 aliphatic carbocycles. The van der Waals surface area contributed by atoms with E-state index in [-0.39, 0.29) is 17.5 Å². The number of rotatable bonds is 7. The molecule has 6 nitrogen and oxygen atoms in total. The van der Waals surface area contributed by atoms with E-state index >= 15 is 0 Å². The van der Waals surface area contributed by atoms with Gasteiger partial charge < -0.3 is 10.1 Å². The summed E-state index contributed by atoms with van der Waals surface area (Å²) in [6.45, 7) is 4.50. The maximum atomic E-state index is 12.1. The van der Waals surface area contributed by atoms with E-state index in [2.05, 4.69) is 15.0 Å². The first-order valence-corrected chi connectivity index (χ1v) is 7.21. The molecule has 0 aliphatic heterocycles. The lowest BCUT2D eigenvalue weighted by Gasteiger charge is -2.13. The first-order valence-electron chi connectivity index (χ1n) is 5.72. The van der Waals surface area contributed by atoms with Crippen molar-refractivity contribution in [1.82, 2.24) is 9.71 Å². The summed E-state index contributed by atoms with van der Waals surface area (Å²) in [5.74, 6) is 0.359. The maximum absolute atomic E-state index is 12.1. The van der Waals surface area contributed by atoms with Crippen LogP contribution in [0.2, 0.25) is 0 Å². The summed E-state index contributed by atoms with van der Waals surface area (Å²) in [6.07, 6.45) is 1.37. The molecule has 0 aromatic carbocycles. The molecule has 102 valence electrons. The van der Waals surface area contributed by atoms with Crippen LogP contribution in [-0.4, -0.2) is 39.7 Å². The number of hydrogen-bond donors (Lipinski definition) is 2. The van der Waals surface area contributed by atoms with Crippen molar-refractivity contribution < 1.29 is 13.2 Å². The van der Waals surface area contributed by atoms with E-state index in [4.69, 9.17) is 4.74 Å². The van der Waals surface area contributed by atoms with Gasteiger partial charge in [-0.2, -0.15) is 0 Å². The molecule has 1 heterocycles. The van der Waals surface area contributed by atoms with Crippen LogP contribution in [0.3, 0.4) is 0 Å². The molecule has 1 unspecified atom stereocenters. The van der Waals surface area contributed by atoms with Crippen molar-refractivity contribution in [3.05, 3.63) is 18.3 Å². The van der Waals surface area contributed by atoms with Crippen molar-refractivity contribution in [2.75, 3.05) is 25.5 Å². The largest absolute Gasteiger partial charge is 0.380 e. The molecular formula is C11H19N3O3S. The molecule has 0 fully saturated rings. The van der Waals surface area contributed by atoms with Crippen LogP contribution in [0.4, 0.5) is 5.82 Å². The number of pyridine rings is 1. The lowest BCUT2D eigenvalue weighted by atomic mass is 10.4. The van der Waals surface area contributed by atoms with Crippen LogP contribution in [0, 0.1) is 0 Å². The third kappa shape index (κ3) is 3.94. The van der Waals surface area contributed by atoms with E-state index in [0.717, 1.165) is 0 Å². The summed E-state index contributed by atoms with van der Waals surface area (Å²) < 4.78 is 31.7. The second-order valence-electron chi connectivity index (χ2n) is 3.78. The van der Waals surface area contributed by atoms with Crippen molar-refractivity contribution in [1.29, 1.82) is 0 Å². The molecule has 0 aliphatic rings. The van der Waals surface area contributed by atoms with Gasteiger partial charge in [0.15, 0.2) is 0 Å². The molecule has 1 aromatic rings. The molecular weight excluding hydrogens is 254 g/mol. The van der Waals surface area contributed by atoms with Gasteiger partial charge in [-0.15, -0.1) is 0 Å². The van der Waals surface area contributed by atoms with Gasteiger partial charge in [0.05, 0.1) is 6.10 Å². The fourth-order valence-corrected chi connectivity index (χ4v) is 2.54. The zero-order valence-corrected chi connectivity index (χ0v) is 11.6. The quantitative estimate of drug-likeness (QED) is 0.769. The Morgan fingerprint density at radius 1 is 1.50 bits per heavy atom. The molecule has 0 bridgehead atoms. The van der Waals surface area contributed by atoms with E-state index in [1.807, 2.05) is 6.92 Å². The number of ether oxygens (including phenoxy) is 1. The number of aromatic nitrogens is 1. The Balaban J connectivity index is 2.90. The van der Waals surface area contributed by atoms with Gasteiger partial charge >= 0.3 is 0 Å². The third-order valence-electron chi connectivity index (χ3n) is 2.37. The second-order valence-corrected chi connectivity index (χ2v) is 5.51. The zero-order valence-electron chi connectivity index (χ0n) is 10.8. The summed E-state index contributed by atoms with van der Waals surface area (Å²) in [5.41, 5.74) is 0. The topological polar surface area (TPSA) is 80.3 Å². The Morgan fingerprint density at radius 2 is 2.22 bits per heavy atom. The minimum atomic E-state index is -3.57. The molecule has 7 heteroatoms. The van der Waals surface area contributed by atoms with E-state index < -0.39 is 10.0 Å². The fourth-order valence-electron chi connectivity index (χ4n) is 1.30. The average molecular weight is 273 g/mol. The van der Waals surface area contributed by atoms with Gasteiger partial charge in [-0.25, -0.2) is 18.1 Å². The highest BCUT2D eigenvalue weighted by atomic mass is 32.2. The molecule has 1 aromatic heterocycles. The Kier molecular flexibility index (Phi) is 5.52. The van der Waals surface area contributed by atoms with Crippen molar-refractivity contribution in [3.63, 3.8) is 0 Å². The van der Waals surface area contributed by atoms with Crippen molar-refractivity contribution >= 4 is 15.8 Å². The second kappa shape index (κ2) is 6.67. The highest BCUT2D eigenvalue weighted by molar-refractivity contribution is 7.89. The first-order chi connectivity index (χ1) is 8.51. The van der Waals surface area contributed by atoms with E-state index in [1.165, 1.54) is 13.2 Å². The Morgan fingerprint density at radius 3 is 2.83 bits per heavy atom. The first kappa shape index (κ1) is 14.9. The molecule has 0 spiro atoms. The summed E-state index contributed by atoms with van der Waals surface area (Å²) in [6, 6.07) is 3.11. The van der Waals surface area contributed by atoms with E-state index in [1.54, 1.807) is 19.2 Å². The van der Waals surface area contributed by atoms with Crippen LogP contribution < -0.4 is 10.0 Å². The van der Waals surface area contributed by atoms with Gasteiger partial charge in [-0.05, 0) is 26.0 Å². The third-order valence-corrected chi connectivity index (χ3v) is 3.82. The summed E-state index contributed by atoms with van der Waals surface area (Å²) in [5, 5.41) is 2.92. The molecule has 0 radical (unpaired) electrons. The highest BCUT2D eigenvalue weighted by Crippen LogP contribution is 2.17. The van der Waals surface area contributed by atoms with Crippen LogP contribution in [0.15, 0.2) is 23.2 Å². The van der Waals surface area contributed by atoms with Gasteiger partial charge in [0.25, 0.3) is 0 Å². The van der Waals surface area contributed by atoms with Gasteiger partial charge in [0.1, 0.15) is 10.7 Å². The zero-order chi connectivity index (χ0) is 13.6. The molecule has 1 rings (SSSR count). The fraction of sp³-hybridized carbons (Fsp3) is 0.545. The van der Waals surface area contributed by atoms with Gasteiger partial charge in [0.2, 0.25) is 10.0 Å². The van der Waals surface area contributed by atoms with Crippen LogP contribution in [0.1, 0.15) is 13.8 Å². The van der Waals surface area contributed by atoms with Crippen LogP contribution >= 0.6 is 0 Å². The summed E-state index contributed by atoms with van der Waals surface area (Å²) in [7, 11) is -2.04. The lowest BCUT2D eigenvalue weighted by Crippen LogP contribution is -2.32. The van der Waals surface area contributed by atoms with Crippen LogP contribution in [0.25, 0.3) is 0 Å².